The van der Waals surface area contributed by atoms with Crippen molar-refractivity contribution >= 4 is 22.5 Å². The van der Waals surface area contributed by atoms with Crippen LogP contribution in [-0.2, 0) is 6.61 Å². The van der Waals surface area contributed by atoms with Gasteiger partial charge in [0.25, 0.3) is 0 Å². The van der Waals surface area contributed by atoms with E-state index in [2.05, 4.69) is 52.0 Å². The Balaban J connectivity index is 1.25. The molecular weight excluding hydrogens is 526 g/mol. The van der Waals surface area contributed by atoms with Gasteiger partial charge in [0.05, 0.1) is 5.69 Å². The third-order valence-corrected chi connectivity index (χ3v) is 8.28. The summed E-state index contributed by atoms with van der Waals surface area (Å²) in [6, 6.07) is 38.8. The molecule has 0 aliphatic heterocycles. The monoisotopic (exact) mass is 559 g/mol. The summed E-state index contributed by atoms with van der Waals surface area (Å²) in [6.45, 7) is 0.297. The quantitative estimate of drug-likeness (QED) is 0.0849. The number of anilines is 1. The molecule has 1 fully saturated rings. The Labute approximate surface area is 245 Å². The molecule has 0 amide bonds. The highest BCUT2D eigenvalue weighted by atomic mass is 32.2. The second-order valence-corrected chi connectivity index (χ2v) is 11.1. The van der Waals surface area contributed by atoms with Gasteiger partial charge >= 0.3 is 0 Å². The lowest BCUT2D eigenvalue weighted by Gasteiger charge is -2.22. The minimum atomic E-state index is 0.297. The largest absolute Gasteiger partial charge is 0.486 e. The SMILES string of the molecule is c1ccc(N/N=C(/Sc2nnc(COc3ccc(C4CCCCC4)cc3)n2-c2ccccc2)c2ccccc2)cc1. The number of nitrogens with one attached hydrogen (secondary N) is 1. The molecule has 0 radical (unpaired) electrons. The third-order valence-electron chi connectivity index (χ3n) is 7.31. The molecule has 0 saturated heterocycles. The van der Waals surface area contributed by atoms with Crippen LogP contribution in [0.25, 0.3) is 5.69 Å². The standard InChI is InChI=1S/C34H33N5OS/c1-5-13-26(14-6-1)27-21-23-31(24-22-27)40-25-32-36-38-34(39(32)30-19-11-4-12-20-30)41-33(28-15-7-2-8-16-28)37-35-29-17-9-3-10-18-29/h2-4,7-12,15-24,26,35H,1,5-6,13-14,25H2/b37-33+. The Hall–Kier alpha value is -4.36. The molecule has 206 valence electrons. The first-order valence-electron chi connectivity index (χ1n) is 14.2. The van der Waals surface area contributed by atoms with Gasteiger partial charge in [0.1, 0.15) is 17.4 Å². The van der Waals surface area contributed by atoms with E-state index in [1.165, 1.54) is 49.4 Å². The Morgan fingerprint density at radius 2 is 1.44 bits per heavy atom. The highest BCUT2D eigenvalue weighted by Crippen LogP contribution is 2.33. The van der Waals surface area contributed by atoms with Crippen molar-refractivity contribution in [2.45, 2.75) is 49.8 Å². The number of hydrazone groups is 1. The maximum absolute atomic E-state index is 6.23. The van der Waals surface area contributed by atoms with E-state index in [4.69, 9.17) is 9.84 Å². The van der Waals surface area contributed by atoms with Crippen LogP contribution >= 0.6 is 11.8 Å². The van der Waals surface area contributed by atoms with Gasteiger partial charge in [-0.15, -0.1) is 10.2 Å². The van der Waals surface area contributed by atoms with Crippen LogP contribution in [0.3, 0.4) is 0 Å². The van der Waals surface area contributed by atoms with E-state index in [9.17, 15) is 0 Å². The summed E-state index contributed by atoms with van der Waals surface area (Å²) >= 11 is 1.46. The molecule has 41 heavy (non-hydrogen) atoms. The van der Waals surface area contributed by atoms with E-state index >= 15 is 0 Å². The van der Waals surface area contributed by atoms with Gasteiger partial charge in [-0.1, -0.05) is 98.1 Å². The average molecular weight is 560 g/mol. The molecule has 7 heteroatoms. The molecule has 6 nitrogen and oxygen atoms in total. The van der Waals surface area contributed by atoms with Gasteiger partial charge in [-0.2, -0.15) is 5.10 Å². The first-order valence-corrected chi connectivity index (χ1v) is 15.0. The fourth-order valence-electron chi connectivity index (χ4n) is 5.16. The van der Waals surface area contributed by atoms with Crippen molar-refractivity contribution in [3.05, 3.63) is 132 Å². The number of thioether (sulfide) groups is 1. The van der Waals surface area contributed by atoms with Crippen LogP contribution in [0.5, 0.6) is 5.75 Å². The summed E-state index contributed by atoms with van der Waals surface area (Å²) in [5.41, 5.74) is 7.47. The summed E-state index contributed by atoms with van der Waals surface area (Å²) in [7, 11) is 0. The van der Waals surface area contributed by atoms with Crippen molar-refractivity contribution in [1.29, 1.82) is 0 Å². The van der Waals surface area contributed by atoms with Crippen molar-refractivity contribution in [1.82, 2.24) is 14.8 Å². The van der Waals surface area contributed by atoms with Gasteiger partial charge in [0.2, 0.25) is 5.16 Å². The summed E-state index contributed by atoms with van der Waals surface area (Å²) in [4.78, 5) is 0. The molecule has 1 N–H and O–H groups in total. The fraction of sp³-hybridized carbons (Fsp3) is 0.206. The van der Waals surface area contributed by atoms with Crippen molar-refractivity contribution < 1.29 is 4.74 Å². The topological polar surface area (TPSA) is 64.3 Å². The molecule has 4 aromatic carbocycles. The number of hydrogen-bond donors (Lipinski definition) is 1. The Morgan fingerprint density at radius 3 is 2.15 bits per heavy atom. The second kappa shape index (κ2) is 13.3. The van der Waals surface area contributed by atoms with Gasteiger partial charge in [-0.05, 0) is 72.5 Å². The number of benzene rings is 4. The number of para-hydroxylation sites is 2. The average Bonchev–Trinajstić information content (AvgIpc) is 3.46. The summed E-state index contributed by atoms with van der Waals surface area (Å²) in [5.74, 6) is 2.23. The van der Waals surface area contributed by atoms with Gasteiger partial charge < -0.3 is 4.74 Å². The zero-order valence-electron chi connectivity index (χ0n) is 22.9. The van der Waals surface area contributed by atoms with E-state index < -0.39 is 0 Å². The molecule has 1 aliphatic carbocycles. The minimum absolute atomic E-state index is 0.297. The van der Waals surface area contributed by atoms with E-state index in [-0.39, 0.29) is 0 Å². The predicted molar refractivity (Wildman–Crippen MR) is 167 cm³/mol. The number of rotatable bonds is 9. The first-order chi connectivity index (χ1) is 20.3. The second-order valence-electron chi connectivity index (χ2n) is 10.1. The van der Waals surface area contributed by atoms with Crippen LogP contribution < -0.4 is 10.2 Å². The summed E-state index contributed by atoms with van der Waals surface area (Å²) in [5, 5.41) is 15.4. The Kier molecular flexibility index (Phi) is 8.73. The summed E-state index contributed by atoms with van der Waals surface area (Å²) < 4.78 is 8.27. The smallest absolute Gasteiger partial charge is 0.202 e. The fourth-order valence-corrected chi connectivity index (χ4v) is 6.06. The molecule has 1 saturated carbocycles. The number of nitrogens with zero attached hydrogens (tertiary/aromatic N) is 4. The van der Waals surface area contributed by atoms with Crippen LogP contribution in [0.1, 0.15) is 55.0 Å². The molecule has 6 rings (SSSR count). The maximum atomic E-state index is 6.23. The molecule has 1 aliphatic rings. The third kappa shape index (κ3) is 6.87. The van der Waals surface area contributed by atoms with E-state index in [0.717, 1.165) is 33.6 Å². The molecule has 0 bridgehead atoms. The number of hydrogen-bond acceptors (Lipinski definition) is 6. The number of ether oxygens (including phenoxy) is 1. The van der Waals surface area contributed by atoms with Crippen LogP contribution in [0.15, 0.2) is 126 Å². The van der Waals surface area contributed by atoms with Crippen LogP contribution in [0.2, 0.25) is 0 Å². The molecule has 0 spiro atoms. The van der Waals surface area contributed by atoms with Crippen LogP contribution in [0.4, 0.5) is 5.69 Å². The molecule has 0 unspecified atom stereocenters. The predicted octanol–water partition coefficient (Wildman–Crippen LogP) is 8.46. The van der Waals surface area contributed by atoms with E-state index in [1.807, 2.05) is 83.4 Å². The van der Waals surface area contributed by atoms with Gasteiger partial charge in [-0.3, -0.25) is 9.99 Å². The highest BCUT2D eigenvalue weighted by molar-refractivity contribution is 8.14. The van der Waals surface area contributed by atoms with Crippen LogP contribution in [-0.4, -0.2) is 19.8 Å². The first kappa shape index (κ1) is 26.8. The normalized spacial score (nSPS) is 14.1. The lowest BCUT2D eigenvalue weighted by atomic mass is 9.84. The van der Waals surface area contributed by atoms with E-state index in [1.54, 1.807) is 0 Å². The highest BCUT2D eigenvalue weighted by Gasteiger charge is 2.19. The van der Waals surface area contributed by atoms with Crippen molar-refractivity contribution in [2.75, 3.05) is 5.43 Å². The van der Waals surface area contributed by atoms with Crippen molar-refractivity contribution in [3.63, 3.8) is 0 Å². The maximum Gasteiger partial charge on any atom is 0.202 e. The van der Waals surface area contributed by atoms with E-state index in [0.29, 0.717) is 17.7 Å². The minimum Gasteiger partial charge on any atom is -0.486 e. The molecule has 1 aromatic heterocycles. The zero-order chi connectivity index (χ0) is 27.7. The van der Waals surface area contributed by atoms with Crippen molar-refractivity contribution in [2.24, 2.45) is 5.10 Å². The van der Waals surface area contributed by atoms with Crippen LogP contribution in [0, 0.1) is 0 Å². The molecule has 1 heterocycles. The van der Waals surface area contributed by atoms with Gasteiger partial charge in [-0.25, -0.2) is 0 Å². The van der Waals surface area contributed by atoms with Gasteiger partial charge in [0, 0.05) is 11.3 Å². The Morgan fingerprint density at radius 1 is 0.780 bits per heavy atom. The van der Waals surface area contributed by atoms with Gasteiger partial charge in [0.15, 0.2) is 5.82 Å². The lowest BCUT2D eigenvalue weighted by Crippen LogP contribution is -2.08. The van der Waals surface area contributed by atoms with Crippen molar-refractivity contribution in [3.8, 4) is 11.4 Å². The number of aromatic nitrogens is 3. The lowest BCUT2D eigenvalue weighted by molar-refractivity contribution is 0.292. The molecular formula is C34H33N5OS. The summed E-state index contributed by atoms with van der Waals surface area (Å²) in [6.07, 6.45) is 6.60. The zero-order valence-corrected chi connectivity index (χ0v) is 23.7. The molecule has 5 aromatic rings. The molecule has 0 atom stereocenters. The Bertz CT molecular complexity index is 1550.